The molecule has 0 bridgehead atoms. The number of ether oxygens (including phenoxy) is 3. The highest BCUT2D eigenvalue weighted by molar-refractivity contribution is 5.58. The van der Waals surface area contributed by atoms with Crippen LogP contribution >= 0.6 is 0 Å². The summed E-state index contributed by atoms with van der Waals surface area (Å²) in [6, 6.07) is 15.6. The van der Waals surface area contributed by atoms with E-state index < -0.39 is 0 Å². The lowest BCUT2D eigenvalue weighted by Gasteiger charge is -2.12. The molecule has 3 aromatic rings. The number of fused-ring (bicyclic) bond motifs is 1. The first kappa shape index (κ1) is 18.9. The van der Waals surface area contributed by atoms with Crippen molar-refractivity contribution in [3.8, 4) is 17.2 Å². The average molecular weight is 392 g/mol. The fourth-order valence-corrected chi connectivity index (χ4v) is 2.98. The van der Waals surface area contributed by atoms with Crippen LogP contribution in [0.4, 0.5) is 17.5 Å². The van der Waals surface area contributed by atoms with Gasteiger partial charge in [-0.2, -0.15) is 4.98 Å². The van der Waals surface area contributed by atoms with Crippen molar-refractivity contribution in [2.24, 2.45) is 0 Å². The second-order valence-corrected chi connectivity index (χ2v) is 7.08. The molecule has 150 valence electrons. The monoisotopic (exact) mass is 392 g/mol. The van der Waals surface area contributed by atoms with E-state index in [2.05, 4.69) is 20.6 Å². The molecule has 2 heterocycles. The lowest BCUT2D eigenvalue weighted by atomic mass is 10.2. The van der Waals surface area contributed by atoms with Crippen LogP contribution in [0.25, 0.3) is 0 Å². The van der Waals surface area contributed by atoms with Crippen LogP contribution in [-0.4, -0.2) is 22.9 Å². The number of hydrogen-bond donors (Lipinski definition) is 2. The number of nitrogens with one attached hydrogen (secondary N) is 2. The molecule has 0 fully saturated rings. The van der Waals surface area contributed by atoms with Crippen molar-refractivity contribution in [2.45, 2.75) is 33.4 Å². The van der Waals surface area contributed by atoms with Crippen LogP contribution in [0, 0.1) is 6.92 Å². The highest BCUT2D eigenvalue weighted by Gasteiger charge is 2.13. The van der Waals surface area contributed by atoms with Crippen LogP contribution in [0.1, 0.15) is 25.1 Å². The smallest absolute Gasteiger partial charge is 0.231 e. The third-order valence-corrected chi connectivity index (χ3v) is 4.24. The molecule has 4 rings (SSSR count). The van der Waals surface area contributed by atoms with Crippen LogP contribution in [0.2, 0.25) is 0 Å². The number of hydrogen-bond acceptors (Lipinski definition) is 7. The molecule has 0 saturated carbocycles. The molecule has 2 aromatic carbocycles. The first-order chi connectivity index (χ1) is 14.0. The van der Waals surface area contributed by atoms with E-state index in [1.54, 1.807) is 0 Å². The fraction of sp³-hybridized carbons (Fsp3) is 0.273. The SMILES string of the molecule is Cc1cc(Nc2ccc(OC(C)C)cc2)nc(NCc2ccc3c(c2)OCO3)n1. The van der Waals surface area contributed by atoms with Gasteiger partial charge in [0, 0.05) is 24.0 Å². The lowest BCUT2D eigenvalue weighted by molar-refractivity contribution is 0.174. The van der Waals surface area contributed by atoms with Crippen molar-refractivity contribution >= 4 is 17.5 Å². The molecule has 0 spiro atoms. The fourth-order valence-electron chi connectivity index (χ4n) is 2.98. The molecule has 29 heavy (non-hydrogen) atoms. The molecular weight excluding hydrogens is 368 g/mol. The maximum Gasteiger partial charge on any atom is 0.231 e. The summed E-state index contributed by atoms with van der Waals surface area (Å²) in [4.78, 5) is 9.04. The molecule has 0 unspecified atom stereocenters. The summed E-state index contributed by atoms with van der Waals surface area (Å²) < 4.78 is 16.5. The van der Waals surface area contributed by atoms with Gasteiger partial charge in [-0.15, -0.1) is 0 Å². The first-order valence-corrected chi connectivity index (χ1v) is 9.57. The van der Waals surface area contributed by atoms with E-state index in [1.165, 1.54) is 0 Å². The Morgan fingerprint density at radius 2 is 1.79 bits per heavy atom. The molecule has 0 amide bonds. The van der Waals surface area contributed by atoms with Crippen LogP contribution in [0.3, 0.4) is 0 Å². The van der Waals surface area contributed by atoms with Gasteiger partial charge in [0.2, 0.25) is 12.7 Å². The minimum Gasteiger partial charge on any atom is -0.491 e. The average Bonchev–Trinajstić information content (AvgIpc) is 3.15. The Morgan fingerprint density at radius 1 is 1.00 bits per heavy atom. The molecule has 1 aliphatic rings. The number of benzene rings is 2. The summed E-state index contributed by atoms with van der Waals surface area (Å²) in [7, 11) is 0. The number of anilines is 3. The van der Waals surface area contributed by atoms with Crippen molar-refractivity contribution < 1.29 is 14.2 Å². The summed E-state index contributed by atoms with van der Waals surface area (Å²) in [5.41, 5.74) is 2.87. The van der Waals surface area contributed by atoms with Gasteiger partial charge in [0.15, 0.2) is 11.5 Å². The molecule has 7 heteroatoms. The summed E-state index contributed by atoms with van der Waals surface area (Å²) >= 11 is 0. The topological polar surface area (TPSA) is 77.5 Å². The van der Waals surface area contributed by atoms with E-state index >= 15 is 0 Å². The van der Waals surface area contributed by atoms with Gasteiger partial charge in [0.25, 0.3) is 0 Å². The number of aryl methyl sites for hydroxylation is 1. The Bertz CT molecular complexity index is 990. The van der Waals surface area contributed by atoms with Crippen molar-refractivity contribution in [1.82, 2.24) is 9.97 Å². The molecule has 7 nitrogen and oxygen atoms in total. The normalized spacial score (nSPS) is 12.1. The maximum atomic E-state index is 5.68. The highest BCUT2D eigenvalue weighted by atomic mass is 16.7. The Morgan fingerprint density at radius 3 is 2.59 bits per heavy atom. The van der Waals surface area contributed by atoms with Gasteiger partial charge in [-0.05, 0) is 62.7 Å². The summed E-state index contributed by atoms with van der Waals surface area (Å²) in [5, 5.41) is 6.59. The number of nitrogens with zero attached hydrogens (tertiary/aromatic N) is 2. The molecule has 1 aliphatic heterocycles. The molecule has 0 atom stereocenters. The predicted molar refractivity (Wildman–Crippen MR) is 112 cm³/mol. The van der Waals surface area contributed by atoms with Gasteiger partial charge in [0.05, 0.1) is 6.10 Å². The Kier molecular flexibility index (Phi) is 5.37. The van der Waals surface area contributed by atoms with Crippen LogP contribution in [0.15, 0.2) is 48.5 Å². The van der Waals surface area contributed by atoms with Gasteiger partial charge >= 0.3 is 0 Å². The van der Waals surface area contributed by atoms with Crippen molar-refractivity contribution in [3.05, 3.63) is 59.8 Å². The Hall–Kier alpha value is -3.48. The quantitative estimate of drug-likeness (QED) is 0.606. The van der Waals surface area contributed by atoms with E-state index in [1.807, 2.05) is 69.3 Å². The van der Waals surface area contributed by atoms with Crippen molar-refractivity contribution in [3.63, 3.8) is 0 Å². The minimum absolute atomic E-state index is 0.150. The minimum atomic E-state index is 0.150. The Labute approximate surface area is 170 Å². The van der Waals surface area contributed by atoms with Gasteiger partial charge in [0.1, 0.15) is 11.6 Å². The summed E-state index contributed by atoms with van der Waals surface area (Å²) in [5.74, 6) is 3.67. The summed E-state index contributed by atoms with van der Waals surface area (Å²) in [6.45, 7) is 6.81. The van der Waals surface area contributed by atoms with Gasteiger partial charge in [-0.1, -0.05) is 6.07 Å². The zero-order valence-corrected chi connectivity index (χ0v) is 16.7. The second kappa shape index (κ2) is 8.26. The number of rotatable bonds is 7. The van der Waals surface area contributed by atoms with Gasteiger partial charge < -0.3 is 24.8 Å². The van der Waals surface area contributed by atoms with Gasteiger partial charge in [-0.25, -0.2) is 4.98 Å². The summed E-state index contributed by atoms with van der Waals surface area (Å²) in [6.07, 6.45) is 0.150. The van der Waals surface area contributed by atoms with E-state index in [0.717, 1.165) is 40.0 Å². The molecule has 0 radical (unpaired) electrons. The van der Waals surface area contributed by atoms with E-state index in [-0.39, 0.29) is 12.9 Å². The lowest BCUT2D eigenvalue weighted by Crippen LogP contribution is -2.07. The molecular formula is C22H24N4O3. The van der Waals surface area contributed by atoms with Crippen LogP contribution < -0.4 is 24.8 Å². The third-order valence-electron chi connectivity index (χ3n) is 4.24. The largest absolute Gasteiger partial charge is 0.491 e. The molecule has 0 aliphatic carbocycles. The molecule has 0 saturated heterocycles. The molecule has 1 aromatic heterocycles. The predicted octanol–water partition coefficient (Wildman–Crippen LogP) is 4.66. The van der Waals surface area contributed by atoms with Crippen molar-refractivity contribution in [2.75, 3.05) is 17.4 Å². The highest BCUT2D eigenvalue weighted by Crippen LogP contribution is 2.32. The zero-order chi connectivity index (χ0) is 20.2. The molecule has 2 N–H and O–H groups in total. The maximum absolute atomic E-state index is 5.68. The first-order valence-electron chi connectivity index (χ1n) is 9.57. The van der Waals surface area contributed by atoms with Gasteiger partial charge in [-0.3, -0.25) is 0 Å². The van der Waals surface area contributed by atoms with Crippen LogP contribution in [-0.2, 0) is 6.54 Å². The zero-order valence-electron chi connectivity index (χ0n) is 16.7. The van der Waals surface area contributed by atoms with E-state index in [4.69, 9.17) is 14.2 Å². The standard InChI is InChI=1S/C22H24N4O3/c1-14(2)29-18-7-5-17(6-8-18)25-21-10-15(3)24-22(26-21)23-12-16-4-9-19-20(11-16)28-13-27-19/h4-11,14H,12-13H2,1-3H3,(H2,23,24,25,26). The second-order valence-electron chi connectivity index (χ2n) is 7.08. The van der Waals surface area contributed by atoms with Crippen LogP contribution in [0.5, 0.6) is 17.2 Å². The Balaban J connectivity index is 1.42. The number of aromatic nitrogens is 2. The van der Waals surface area contributed by atoms with E-state index in [9.17, 15) is 0 Å². The third kappa shape index (κ3) is 4.87. The van der Waals surface area contributed by atoms with Crippen molar-refractivity contribution in [1.29, 1.82) is 0 Å². The van der Waals surface area contributed by atoms with E-state index in [0.29, 0.717) is 12.5 Å².